The Bertz CT molecular complexity index is 636. The third-order valence-electron chi connectivity index (χ3n) is 2.78. The largest absolute Gasteiger partial charge is 0.375 e. The molecule has 4 nitrogen and oxygen atoms in total. The number of thiocarbonyl (C=S) groups is 1. The molecule has 0 aliphatic carbocycles. The standard InChI is InChI=1S/C14H17N3OS2/c1-9(2)7-17(14(15)19)16-13(18)11-8-20-12-6-4-3-5-10(11)12/h3-6,8-9H,7H2,1-2H3,(H2,15,19)(H,16,18). The lowest BCUT2D eigenvalue weighted by Gasteiger charge is -2.24. The van der Waals surface area contributed by atoms with Crippen LogP contribution in [-0.4, -0.2) is 22.6 Å². The molecule has 1 aromatic carbocycles. The van der Waals surface area contributed by atoms with Gasteiger partial charge < -0.3 is 5.73 Å². The van der Waals surface area contributed by atoms with Crippen LogP contribution in [0.4, 0.5) is 0 Å². The van der Waals surface area contributed by atoms with Crippen LogP contribution in [0.3, 0.4) is 0 Å². The highest BCUT2D eigenvalue weighted by Gasteiger charge is 2.16. The van der Waals surface area contributed by atoms with Gasteiger partial charge in [-0.1, -0.05) is 32.0 Å². The van der Waals surface area contributed by atoms with Crippen molar-refractivity contribution in [2.75, 3.05) is 6.54 Å². The van der Waals surface area contributed by atoms with Crippen molar-refractivity contribution in [3.8, 4) is 0 Å². The van der Waals surface area contributed by atoms with E-state index in [9.17, 15) is 4.79 Å². The van der Waals surface area contributed by atoms with Gasteiger partial charge in [-0.25, -0.2) is 0 Å². The van der Waals surface area contributed by atoms with Gasteiger partial charge in [-0.05, 0) is 24.2 Å². The topological polar surface area (TPSA) is 58.4 Å². The Morgan fingerprint density at radius 2 is 2.15 bits per heavy atom. The van der Waals surface area contributed by atoms with Crippen molar-refractivity contribution in [2.45, 2.75) is 13.8 Å². The van der Waals surface area contributed by atoms with E-state index in [0.29, 0.717) is 18.0 Å². The maximum absolute atomic E-state index is 12.4. The van der Waals surface area contributed by atoms with E-state index < -0.39 is 0 Å². The lowest BCUT2D eigenvalue weighted by atomic mass is 10.2. The smallest absolute Gasteiger partial charge is 0.271 e. The highest BCUT2D eigenvalue weighted by atomic mass is 32.1. The van der Waals surface area contributed by atoms with Gasteiger partial charge in [0.1, 0.15) is 0 Å². The fourth-order valence-electron chi connectivity index (χ4n) is 1.89. The van der Waals surface area contributed by atoms with Crippen LogP contribution in [0.1, 0.15) is 24.2 Å². The zero-order valence-corrected chi connectivity index (χ0v) is 13.1. The summed E-state index contributed by atoms with van der Waals surface area (Å²) in [5.41, 5.74) is 9.07. The predicted octanol–water partition coefficient (Wildman–Crippen LogP) is 2.75. The molecule has 0 aliphatic heterocycles. The number of rotatable bonds is 3. The number of hydrogen-bond acceptors (Lipinski definition) is 3. The van der Waals surface area contributed by atoms with Gasteiger partial charge in [0.25, 0.3) is 5.91 Å². The third-order valence-corrected chi connectivity index (χ3v) is 3.96. The summed E-state index contributed by atoms with van der Waals surface area (Å²) in [6.07, 6.45) is 0. The molecule has 1 heterocycles. The maximum atomic E-state index is 12.4. The number of carbonyl (C=O) groups excluding carboxylic acids is 1. The van der Waals surface area contributed by atoms with Crippen LogP contribution in [0.5, 0.6) is 0 Å². The summed E-state index contributed by atoms with van der Waals surface area (Å²) in [6.45, 7) is 4.66. The monoisotopic (exact) mass is 307 g/mol. The van der Waals surface area contributed by atoms with Crippen LogP contribution in [0, 0.1) is 5.92 Å². The zero-order valence-electron chi connectivity index (χ0n) is 11.4. The molecule has 3 N–H and O–H groups in total. The van der Waals surface area contributed by atoms with E-state index in [1.54, 1.807) is 11.3 Å². The van der Waals surface area contributed by atoms with Crippen LogP contribution >= 0.6 is 23.6 Å². The molecule has 0 aliphatic rings. The Balaban J connectivity index is 2.20. The zero-order chi connectivity index (χ0) is 14.7. The van der Waals surface area contributed by atoms with Crippen molar-refractivity contribution >= 4 is 44.7 Å². The molecule has 0 fully saturated rings. The Kier molecular flexibility index (Phi) is 4.57. The van der Waals surface area contributed by atoms with Crippen molar-refractivity contribution in [1.29, 1.82) is 0 Å². The second-order valence-corrected chi connectivity index (χ2v) is 6.26. The molecule has 1 amide bonds. The molecule has 20 heavy (non-hydrogen) atoms. The number of nitrogens with two attached hydrogens (primary N) is 1. The summed E-state index contributed by atoms with van der Waals surface area (Å²) in [7, 11) is 0. The van der Waals surface area contributed by atoms with Crippen molar-refractivity contribution in [3.05, 3.63) is 35.2 Å². The normalized spacial score (nSPS) is 10.8. The lowest BCUT2D eigenvalue weighted by molar-refractivity contribution is 0.0865. The minimum atomic E-state index is -0.184. The van der Waals surface area contributed by atoms with E-state index in [1.165, 1.54) is 5.01 Å². The fraction of sp³-hybridized carbons (Fsp3) is 0.286. The van der Waals surface area contributed by atoms with Crippen molar-refractivity contribution < 1.29 is 4.79 Å². The maximum Gasteiger partial charge on any atom is 0.271 e. The molecule has 106 valence electrons. The summed E-state index contributed by atoms with van der Waals surface area (Å²) in [4.78, 5) is 12.4. The average molecular weight is 307 g/mol. The first-order valence-electron chi connectivity index (χ1n) is 6.33. The number of amides is 1. The summed E-state index contributed by atoms with van der Waals surface area (Å²) < 4.78 is 1.09. The summed E-state index contributed by atoms with van der Waals surface area (Å²) >= 11 is 6.52. The van der Waals surface area contributed by atoms with E-state index in [4.69, 9.17) is 18.0 Å². The summed E-state index contributed by atoms with van der Waals surface area (Å²) in [5, 5.41) is 4.50. The first-order valence-corrected chi connectivity index (χ1v) is 7.62. The summed E-state index contributed by atoms with van der Waals surface area (Å²) in [5.74, 6) is 0.159. The molecule has 1 aromatic heterocycles. The second-order valence-electron chi connectivity index (χ2n) is 4.93. The molecule has 0 unspecified atom stereocenters. The first-order chi connectivity index (χ1) is 9.49. The van der Waals surface area contributed by atoms with Gasteiger partial charge in [-0.2, -0.15) is 0 Å². The molecule has 0 radical (unpaired) electrons. The van der Waals surface area contributed by atoms with Gasteiger partial charge in [0.05, 0.1) is 5.56 Å². The SMILES string of the molecule is CC(C)CN(NC(=O)c1csc2ccccc12)C(N)=S. The molecule has 0 saturated heterocycles. The van der Waals surface area contributed by atoms with Crippen LogP contribution in [-0.2, 0) is 0 Å². The Morgan fingerprint density at radius 1 is 1.45 bits per heavy atom. The van der Waals surface area contributed by atoms with Crippen molar-refractivity contribution in [1.82, 2.24) is 10.4 Å². The number of nitrogens with one attached hydrogen (secondary N) is 1. The van der Waals surface area contributed by atoms with Gasteiger partial charge in [0.2, 0.25) is 0 Å². The number of thiophene rings is 1. The predicted molar refractivity (Wildman–Crippen MR) is 87.6 cm³/mol. The molecule has 6 heteroatoms. The average Bonchev–Trinajstić information content (AvgIpc) is 2.81. The van der Waals surface area contributed by atoms with E-state index in [1.807, 2.05) is 43.5 Å². The fourth-order valence-corrected chi connectivity index (χ4v) is 2.95. The van der Waals surface area contributed by atoms with Crippen LogP contribution in [0.15, 0.2) is 29.6 Å². The Hall–Kier alpha value is -1.66. The second kappa shape index (κ2) is 6.19. The van der Waals surface area contributed by atoms with Gasteiger partial charge in [-0.3, -0.25) is 15.2 Å². The van der Waals surface area contributed by atoms with Crippen molar-refractivity contribution in [2.24, 2.45) is 11.7 Å². The molecule has 2 rings (SSSR count). The van der Waals surface area contributed by atoms with Gasteiger partial charge in [-0.15, -0.1) is 11.3 Å². The first kappa shape index (κ1) is 14.7. The molecule has 2 aromatic rings. The molecule has 0 spiro atoms. The summed E-state index contributed by atoms with van der Waals surface area (Å²) in [6, 6.07) is 7.82. The third kappa shape index (κ3) is 3.26. The molecule has 0 bridgehead atoms. The number of fused-ring (bicyclic) bond motifs is 1. The van der Waals surface area contributed by atoms with Crippen LogP contribution in [0.25, 0.3) is 10.1 Å². The van der Waals surface area contributed by atoms with Crippen LogP contribution in [0.2, 0.25) is 0 Å². The van der Waals surface area contributed by atoms with E-state index in [2.05, 4.69) is 5.43 Å². The number of hydrogen-bond donors (Lipinski definition) is 2. The van der Waals surface area contributed by atoms with E-state index in [0.717, 1.165) is 10.1 Å². The van der Waals surface area contributed by atoms with Gasteiger partial charge >= 0.3 is 0 Å². The molecule has 0 atom stereocenters. The Morgan fingerprint density at radius 3 is 2.80 bits per heavy atom. The van der Waals surface area contributed by atoms with Crippen molar-refractivity contribution in [3.63, 3.8) is 0 Å². The highest BCUT2D eigenvalue weighted by Crippen LogP contribution is 2.25. The van der Waals surface area contributed by atoms with Crippen LogP contribution < -0.4 is 11.2 Å². The quantitative estimate of drug-likeness (QED) is 0.676. The minimum absolute atomic E-state index is 0.173. The van der Waals surface area contributed by atoms with Gasteiger partial charge in [0.15, 0.2) is 5.11 Å². The minimum Gasteiger partial charge on any atom is -0.375 e. The molecule has 0 saturated carbocycles. The number of nitrogens with zero attached hydrogens (tertiary/aromatic N) is 1. The van der Waals surface area contributed by atoms with E-state index >= 15 is 0 Å². The number of hydrazine groups is 1. The van der Waals surface area contributed by atoms with E-state index in [-0.39, 0.29) is 11.0 Å². The Labute approximate surface area is 127 Å². The molecular formula is C14H17N3OS2. The highest BCUT2D eigenvalue weighted by molar-refractivity contribution is 7.80. The number of carbonyl (C=O) groups is 1. The lowest BCUT2D eigenvalue weighted by Crippen LogP contribution is -2.50. The number of benzene rings is 1. The van der Waals surface area contributed by atoms with Gasteiger partial charge in [0, 0.05) is 22.0 Å². The molecular weight excluding hydrogens is 290 g/mol.